The zero-order chi connectivity index (χ0) is 71.0. The number of aliphatic carboxylic acids is 5. The standard InChI is InChI=1S/C8H15NO2.C7H12ClNO2.2C7H11F2NO2.C6H9F2NO2.C6H13N.C5H10ClN.2C5H9F2N.C4H7F2N/c1-7-2-4-9(5-3-7)6-8(10)11;8-6-1-3-9(4-2-6)5-7(10)11;8-7(9)1-3-10(4-2-7)5-6(11)12;8-7(9)2-1-3-10(5-7)4-6(11)12;7-6(8)1-2-9(4-6)3-5(10)11;1-6-2-4-7-5-3-6;6-5-1-3-7-4-2-5;6-5(7)1-3-8-4-2-5;6-5(7)2-1-3-8-4-5;5-4(6)1-2-7-3-4/h7H,2-6H2,1H3,(H,10,11);6H,1-5H2,(H,10,11);2*1-5H2,(H,11,12);1-4H2,(H,10,11);6-7H,2-5H2,1H3;5,7H,1-4H2;2*8H,1-4H2;7H,1-3H2. The van der Waals surface area contributed by atoms with Crippen molar-refractivity contribution in [3.05, 3.63) is 0 Å². The Hall–Kier alpha value is -3.31. The Bertz CT molecular complexity index is 1990. The average Bonchev–Trinajstić information content (AvgIpc) is 1.94. The van der Waals surface area contributed by atoms with Gasteiger partial charge in [0.1, 0.15) is 0 Å². The molecule has 10 saturated heterocycles. The molecule has 10 heterocycles. The Morgan fingerprint density at radius 2 is 0.628 bits per heavy atom. The van der Waals surface area contributed by atoms with Gasteiger partial charge in [-0.15, -0.1) is 23.2 Å². The van der Waals surface area contributed by atoms with Gasteiger partial charge in [-0.1, -0.05) is 13.8 Å². The monoisotopic (exact) mass is 1420 g/mol. The van der Waals surface area contributed by atoms with Crippen molar-refractivity contribution in [2.75, 3.05) is 164 Å². The molecule has 0 unspecified atom stereocenters. The van der Waals surface area contributed by atoms with Crippen LogP contribution in [-0.4, -0.2) is 290 Å². The van der Waals surface area contributed by atoms with Crippen molar-refractivity contribution in [3.63, 3.8) is 0 Å². The molecule has 10 rings (SSSR count). The van der Waals surface area contributed by atoms with E-state index in [1.54, 1.807) is 0 Å². The van der Waals surface area contributed by atoms with Crippen molar-refractivity contribution in [1.82, 2.24) is 51.1 Å². The van der Waals surface area contributed by atoms with Gasteiger partial charge in [-0.05, 0) is 128 Å². The normalized spacial score (nSPS) is 24.6. The summed E-state index contributed by atoms with van der Waals surface area (Å²) in [6.07, 6.45) is 9.41. The van der Waals surface area contributed by atoms with Gasteiger partial charge in [0, 0.05) is 114 Å². The van der Waals surface area contributed by atoms with Gasteiger partial charge in [0.25, 0.3) is 35.5 Å². The summed E-state index contributed by atoms with van der Waals surface area (Å²) in [6, 6.07) is 0. The second kappa shape index (κ2) is 46.9. The fraction of sp³-hybridized carbons (Fsp3) is 0.917. The van der Waals surface area contributed by atoms with E-state index in [9.17, 15) is 76.7 Å². The number of hydrogen-bond acceptors (Lipinski definition) is 15. The molecule has 10 fully saturated rings. The summed E-state index contributed by atoms with van der Waals surface area (Å²) in [7, 11) is 0. The second-order valence-corrected chi connectivity index (χ2v) is 26.6. The Kier molecular flexibility index (Phi) is 44.2. The van der Waals surface area contributed by atoms with Gasteiger partial charge in [-0.2, -0.15) is 0 Å². The molecule has 0 amide bonds. The Balaban J connectivity index is 0.000000525. The van der Waals surface area contributed by atoms with Crippen LogP contribution in [0.5, 0.6) is 0 Å². The molecule has 94 heavy (non-hydrogen) atoms. The highest BCUT2D eigenvalue weighted by atomic mass is 35.5. The molecule has 10 aliphatic heterocycles. The third-order valence-electron chi connectivity index (χ3n) is 16.1. The third-order valence-corrected chi connectivity index (χ3v) is 16.9. The van der Waals surface area contributed by atoms with Crippen LogP contribution in [0.25, 0.3) is 0 Å². The van der Waals surface area contributed by atoms with E-state index >= 15 is 0 Å². The number of likely N-dealkylation sites (tertiary alicyclic amines) is 5. The number of carbonyl (C=O) groups is 5. The van der Waals surface area contributed by atoms with Crippen LogP contribution in [0.3, 0.4) is 0 Å². The molecular formula is C60H106Cl2F12N10O10. The Labute approximate surface area is 555 Å². The molecule has 0 aromatic carbocycles. The summed E-state index contributed by atoms with van der Waals surface area (Å²) in [6.45, 7) is 14.5. The number of rotatable bonds is 10. The van der Waals surface area contributed by atoms with E-state index in [1.165, 1.54) is 40.6 Å². The highest BCUT2D eigenvalue weighted by molar-refractivity contribution is 6.20. The van der Waals surface area contributed by atoms with Gasteiger partial charge < -0.3 is 52.1 Å². The first kappa shape index (κ1) is 88.7. The van der Waals surface area contributed by atoms with Gasteiger partial charge >= 0.3 is 29.8 Å². The van der Waals surface area contributed by atoms with E-state index in [0.717, 1.165) is 96.2 Å². The second-order valence-electron chi connectivity index (χ2n) is 25.4. The van der Waals surface area contributed by atoms with E-state index in [1.807, 2.05) is 9.80 Å². The Morgan fingerprint density at radius 3 is 0.926 bits per heavy atom. The summed E-state index contributed by atoms with van der Waals surface area (Å²) < 4.78 is 148. The predicted molar refractivity (Wildman–Crippen MR) is 335 cm³/mol. The van der Waals surface area contributed by atoms with Gasteiger partial charge in [0.05, 0.1) is 58.9 Å². The van der Waals surface area contributed by atoms with Gasteiger partial charge in [-0.3, -0.25) is 48.5 Å². The summed E-state index contributed by atoms with van der Waals surface area (Å²) in [5, 5.41) is 57.2. The summed E-state index contributed by atoms with van der Waals surface area (Å²) in [5.41, 5.74) is 0. The molecular weight excluding hydrogens is 1320 g/mol. The lowest BCUT2D eigenvalue weighted by Gasteiger charge is -2.30. The van der Waals surface area contributed by atoms with Crippen LogP contribution in [0.4, 0.5) is 52.7 Å². The smallest absolute Gasteiger partial charge is 0.317 e. The van der Waals surface area contributed by atoms with Gasteiger partial charge in [-0.25, -0.2) is 52.7 Å². The van der Waals surface area contributed by atoms with Crippen molar-refractivity contribution in [2.24, 2.45) is 11.8 Å². The molecule has 20 nitrogen and oxygen atoms in total. The fourth-order valence-corrected chi connectivity index (χ4v) is 10.8. The van der Waals surface area contributed by atoms with Crippen molar-refractivity contribution in [2.45, 2.75) is 176 Å². The number of alkyl halides is 14. The number of hydrogen-bond donors (Lipinski definition) is 10. The SMILES string of the molecule is CC1CCN(CC(=O)O)CC1.CC1CCNCC1.ClC1CCNCC1.FC1(F)CCCNC1.FC1(F)CCNC1.FC1(F)CCNCC1.O=C(O)CN1CCC(Cl)CC1.O=C(O)CN1CCC(F)(F)C1.O=C(O)CN1CCC(F)(F)CC1.O=C(O)CN1CCCC(F)(F)C1. The lowest BCUT2D eigenvalue weighted by atomic mass is 9.99. The quantitative estimate of drug-likeness (QED) is 0.0730. The van der Waals surface area contributed by atoms with Crippen molar-refractivity contribution in [1.29, 1.82) is 0 Å². The van der Waals surface area contributed by atoms with Crippen LogP contribution >= 0.6 is 23.2 Å². The maximum atomic E-state index is 12.7. The zero-order valence-electron chi connectivity index (χ0n) is 54.5. The average molecular weight is 1430 g/mol. The molecule has 0 bridgehead atoms. The van der Waals surface area contributed by atoms with Crippen LogP contribution in [-0.2, 0) is 24.0 Å². The molecule has 0 aromatic heterocycles. The van der Waals surface area contributed by atoms with Crippen LogP contribution in [0, 0.1) is 11.8 Å². The molecule has 554 valence electrons. The van der Waals surface area contributed by atoms with Crippen molar-refractivity contribution < 1.29 is 102 Å². The highest BCUT2D eigenvalue weighted by Gasteiger charge is 2.39. The number of nitrogens with zero attached hydrogens (tertiary/aromatic N) is 5. The molecule has 0 saturated carbocycles. The highest BCUT2D eigenvalue weighted by Crippen LogP contribution is 2.29. The number of carboxylic acids is 5. The summed E-state index contributed by atoms with van der Waals surface area (Å²) >= 11 is 11.6. The number of halogens is 14. The molecule has 10 aliphatic rings. The van der Waals surface area contributed by atoms with Crippen LogP contribution < -0.4 is 26.6 Å². The van der Waals surface area contributed by atoms with Crippen molar-refractivity contribution >= 4 is 53.0 Å². The minimum absolute atomic E-state index is 0.00694. The maximum absolute atomic E-state index is 12.7. The van der Waals surface area contributed by atoms with Crippen LogP contribution in [0.1, 0.15) is 129 Å². The predicted octanol–water partition coefficient (Wildman–Crippen LogP) is 8.20. The minimum atomic E-state index is -2.70. The molecule has 0 atom stereocenters. The zero-order valence-corrected chi connectivity index (χ0v) is 56.0. The van der Waals surface area contributed by atoms with E-state index in [0.29, 0.717) is 44.4 Å². The third kappa shape index (κ3) is 50.1. The largest absolute Gasteiger partial charge is 0.480 e. The number of nitrogens with one attached hydrogen (secondary N) is 5. The molecule has 10 N–H and O–H groups in total. The van der Waals surface area contributed by atoms with E-state index in [2.05, 4.69) is 40.4 Å². The first-order valence-electron chi connectivity index (χ1n) is 32.6. The topological polar surface area (TPSA) is 263 Å². The van der Waals surface area contributed by atoms with Crippen LogP contribution in [0.2, 0.25) is 0 Å². The fourth-order valence-electron chi connectivity index (χ4n) is 10.4. The number of carboxylic acid groups (broad SMARTS) is 5. The van der Waals surface area contributed by atoms with E-state index in [-0.39, 0.29) is 122 Å². The summed E-state index contributed by atoms with van der Waals surface area (Å²) in [4.78, 5) is 59.0. The van der Waals surface area contributed by atoms with E-state index in [4.69, 9.17) is 48.7 Å². The van der Waals surface area contributed by atoms with Crippen molar-refractivity contribution in [3.8, 4) is 0 Å². The minimum Gasteiger partial charge on any atom is -0.480 e. The Morgan fingerprint density at radius 1 is 0.330 bits per heavy atom. The lowest BCUT2D eigenvalue weighted by Crippen LogP contribution is -2.44. The molecule has 34 heteroatoms. The molecule has 0 radical (unpaired) electrons. The van der Waals surface area contributed by atoms with E-state index < -0.39 is 78.5 Å². The maximum Gasteiger partial charge on any atom is 0.317 e. The van der Waals surface area contributed by atoms with Gasteiger partial charge in [0.15, 0.2) is 0 Å². The lowest BCUT2D eigenvalue weighted by molar-refractivity contribution is -0.141. The van der Waals surface area contributed by atoms with Crippen LogP contribution in [0.15, 0.2) is 0 Å². The summed E-state index contributed by atoms with van der Waals surface area (Å²) in [5.74, 6) is -18.0. The number of piperidine rings is 8. The first-order valence-corrected chi connectivity index (χ1v) is 33.4. The molecule has 0 aromatic rings. The van der Waals surface area contributed by atoms with Gasteiger partial charge in [0.2, 0.25) is 0 Å². The first-order chi connectivity index (χ1) is 43.8. The molecule has 0 aliphatic carbocycles. The molecule has 0 spiro atoms.